The van der Waals surface area contributed by atoms with Crippen molar-refractivity contribution < 1.29 is 13.6 Å². The number of nitrogens with zero attached hydrogens (tertiary/aromatic N) is 2. The van der Waals surface area contributed by atoms with Gasteiger partial charge in [0.25, 0.3) is 0 Å². The first-order chi connectivity index (χ1) is 9.40. The number of hydrogen-bond acceptors (Lipinski definition) is 2. The van der Waals surface area contributed by atoms with Crippen LogP contribution < -0.4 is 0 Å². The summed E-state index contributed by atoms with van der Waals surface area (Å²) in [6.07, 6.45) is -0.0197. The van der Waals surface area contributed by atoms with Crippen LogP contribution in [0.5, 0.6) is 0 Å². The van der Waals surface area contributed by atoms with Crippen LogP contribution in [-0.4, -0.2) is 15.6 Å². The van der Waals surface area contributed by atoms with Crippen molar-refractivity contribution in [2.45, 2.75) is 19.8 Å². The van der Waals surface area contributed by atoms with E-state index >= 15 is 0 Å². The van der Waals surface area contributed by atoms with Crippen LogP contribution in [0, 0.1) is 18.6 Å². The summed E-state index contributed by atoms with van der Waals surface area (Å²) < 4.78 is 29.0. The van der Waals surface area contributed by atoms with Gasteiger partial charge in [-0.25, -0.2) is 8.78 Å². The molecule has 0 saturated carbocycles. The quantitative estimate of drug-likeness (QED) is 0.855. The predicted molar refractivity (Wildman–Crippen MR) is 74.4 cm³/mol. The van der Waals surface area contributed by atoms with Crippen LogP contribution in [0.25, 0.3) is 0 Å². The Bertz CT molecular complexity index is 667. The van der Waals surface area contributed by atoms with Gasteiger partial charge in [-0.15, -0.1) is 0 Å². The number of hydrogen-bond donors (Lipinski definition) is 0. The molecule has 20 heavy (non-hydrogen) atoms. The van der Waals surface area contributed by atoms with Crippen molar-refractivity contribution in [1.29, 1.82) is 0 Å². The smallest absolute Gasteiger partial charge is 0.162 e. The summed E-state index contributed by atoms with van der Waals surface area (Å²) in [5.41, 5.74) is 1.58. The highest BCUT2D eigenvalue weighted by molar-refractivity contribution is 9.10. The van der Waals surface area contributed by atoms with Gasteiger partial charge in [0, 0.05) is 19.9 Å². The lowest BCUT2D eigenvalue weighted by atomic mass is 10.0. The largest absolute Gasteiger partial charge is 0.299 e. The van der Waals surface area contributed by atoms with Gasteiger partial charge in [0.1, 0.15) is 5.78 Å². The van der Waals surface area contributed by atoms with Crippen LogP contribution in [0.1, 0.15) is 17.0 Å². The Kier molecular flexibility index (Phi) is 4.32. The lowest BCUT2D eigenvalue weighted by Gasteiger charge is -2.05. The molecule has 0 amide bonds. The highest BCUT2D eigenvalue weighted by atomic mass is 79.9. The van der Waals surface area contributed by atoms with Crippen LogP contribution in [-0.2, 0) is 24.7 Å². The molecule has 0 saturated heterocycles. The van der Waals surface area contributed by atoms with Gasteiger partial charge in [0.2, 0.25) is 0 Å². The van der Waals surface area contributed by atoms with Gasteiger partial charge in [0.05, 0.1) is 15.9 Å². The maximum Gasteiger partial charge on any atom is 0.162 e. The van der Waals surface area contributed by atoms with Crippen LogP contribution in [0.15, 0.2) is 22.7 Å². The zero-order valence-electron chi connectivity index (χ0n) is 11.1. The van der Waals surface area contributed by atoms with Gasteiger partial charge in [0.15, 0.2) is 11.6 Å². The molecule has 0 atom stereocenters. The first-order valence-electron chi connectivity index (χ1n) is 6.02. The molecule has 0 unspecified atom stereocenters. The third-order valence-electron chi connectivity index (χ3n) is 3.05. The molecule has 0 bridgehead atoms. The summed E-state index contributed by atoms with van der Waals surface area (Å²) in [6, 6.07) is 3.84. The molecule has 0 radical (unpaired) electrons. The van der Waals surface area contributed by atoms with Crippen molar-refractivity contribution in [3.63, 3.8) is 0 Å². The maximum absolute atomic E-state index is 13.5. The number of halogens is 3. The van der Waals surface area contributed by atoms with Crippen LogP contribution in [0.3, 0.4) is 0 Å². The van der Waals surface area contributed by atoms with E-state index < -0.39 is 11.6 Å². The monoisotopic (exact) mass is 342 g/mol. The van der Waals surface area contributed by atoms with E-state index in [9.17, 15) is 13.6 Å². The van der Waals surface area contributed by atoms with E-state index in [1.165, 1.54) is 12.1 Å². The maximum atomic E-state index is 13.5. The van der Waals surface area contributed by atoms with Crippen LogP contribution in [0.4, 0.5) is 8.78 Å². The Hall–Kier alpha value is -1.56. The normalized spacial score (nSPS) is 10.8. The number of aryl methyl sites for hydroxylation is 2. The fourth-order valence-corrected chi connectivity index (χ4v) is 2.49. The fraction of sp³-hybridized carbons (Fsp3) is 0.286. The van der Waals surface area contributed by atoms with Gasteiger partial charge in [-0.1, -0.05) is 12.1 Å². The second-order valence-electron chi connectivity index (χ2n) is 4.57. The molecule has 0 fully saturated rings. The summed E-state index contributed by atoms with van der Waals surface area (Å²) in [5.74, 6) is -2.09. The Balaban J connectivity index is 2.15. The molecule has 1 aromatic heterocycles. The van der Waals surface area contributed by atoms with E-state index in [0.717, 1.165) is 21.9 Å². The number of carbonyl (C=O) groups excluding carboxylic acids is 1. The topological polar surface area (TPSA) is 34.9 Å². The first-order valence-corrected chi connectivity index (χ1v) is 6.82. The van der Waals surface area contributed by atoms with Crippen molar-refractivity contribution >= 4 is 21.7 Å². The van der Waals surface area contributed by atoms with E-state index in [0.29, 0.717) is 0 Å². The van der Waals surface area contributed by atoms with Crippen molar-refractivity contribution in [2.75, 3.05) is 0 Å². The van der Waals surface area contributed by atoms with Crippen molar-refractivity contribution in [3.8, 4) is 0 Å². The molecule has 1 heterocycles. The minimum Gasteiger partial charge on any atom is -0.299 e. The third-order valence-corrected chi connectivity index (χ3v) is 4.08. The molecule has 0 N–H and O–H groups in total. The zero-order valence-corrected chi connectivity index (χ0v) is 12.7. The number of aromatic nitrogens is 2. The lowest BCUT2D eigenvalue weighted by molar-refractivity contribution is -0.117. The van der Waals surface area contributed by atoms with Gasteiger partial charge in [-0.3, -0.25) is 9.48 Å². The molecule has 2 aromatic rings. The number of Topliss-reactive ketones (excluding diaryl/α,β-unsaturated/α-hetero) is 1. The molecular formula is C14H13BrF2N2O. The summed E-state index contributed by atoms with van der Waals surface area (Å²) in [6.45, 7) is 1.82. The van der Waals surface area contributed by atoms with Gasteiger partial charge in [-0.2, -0.15) is 5.10 Å². The Labute approximate surface area is 123 Å². The lowest BCUT2D eigenvalue weighted by Crippen LogP contribution is -2.11. The summed E-state index contributed by atoms with van der Waals surface area (Å²) in [7, 11) is 1.74. The average molecular weight is 343 g/mol. The molecule has 1 aromatic carbocycles. The minimum absolute atomic E-state index is 0.0741. The van der Waals surface area contributed by atoms with Crippen molar-refractivity contribution in [3.05, 3.63) is 51.3 Å². The molecule has 3 nitrogen and oxygen atoms in total. The minimum atomic E-state index is -0.957. The first kappa shape index (κ1) is 14.8. The van der Waals surface area contributed by atoms with Crippen molar-refractivity contribution in [1.82, 2.24) is 9.78 Å². The molecule has 2 rings (SSSR count). The number of rotatable bonds is 4. The molecule has 0 aliphatic heterocycles. The SMILES string of the molecule is Cc1nn(C)c(CC(=O)Cc2cccc(F)c2F)c1Br. The molecular weight excluding hydrogens is 330 g/mol. The summed E-state index contributed by atoms with van der Waals surface area (Å²) in [4.78, 5) is 12.0. The predicted octanol–water partition coefficient (Wildman–Crippen LogP) is 3.12. The van der Waals surface area contributed by atoms with E-state index in [1.54, 1.807) is 11.7 Å². The second kappa shape index (κ2) is 5.83. The number of ketones is 1. The fourth-order valence-electron chi connectivity index (χ4n) is 2.02. The molecule has 0 aliphatic rings. The van der Waals surface area contributed by atoms with E-state index in [2.05, 4.69) is 21.0 Å². The molecule has 106 valence electrons. The van der Waals surface area contributed by atoms with Crippen LogP contribution >= 0.6 is 15.9 Å². The molecule has 6 heteroatoms. The van der Waals surface area contributed by atoms with E-state index in [1.807, 2.05) is 6.92 Å². The van der Waals surface area contributed by atoms with E-state index in [-0.39, 0.29) is 24.2 Å². The van der Waals surface area contributed by atoms with Gasteiger partial charge < -0.3 is 0 Å². The zero-order chi connectivity index (χ0) is 14.9. The standard InChI is InChI=1S/C14H13BrF2N2O/c1-8-13(15)12(19(2)18-8)7-10(20)6-9-4-3-5-11(16)14(9)17/h3-5H,6-7H2,1-2H3. The number of benzene rings is 1. The molecule has 0 aliphatic carbocycles. The highest BCUT2D eigenvalue weighted by Crippen LogP contribution is 2.21. The van der Waals surface area contributed by atoms with E-state index in [4.69, 9.17) is 0 Å². The summed E-state index contributed by atoms with van der Waals surface area (Å²) >= 11 is 3.37. The average Bonchev–Trinajstić information content (AvgIpc) is 2.62. The Morgan fingerprint density at radius 1 is 1.35 bits per heavy atom. The second-order valence-corrected chi connectivity index (χ2v) is 5.37. The Morgan fingerprint density at radius 3 is 2.65 bits per heavy atom. The van der Waals surface area contributed by atoms with Gasteiger partial charge >= 0.3 is 0 Å². The molecule has 0 spiro atoms. The Morgan fingerprint density at radius 2 is 2.05 bits per heavy atom. The highest BCUT2D eigenvalue weighted by Gasteiger charge is 2.17. The number of carbonyl (C=O) groups is 1. The summed E-state index contributed by atoms with van der Waals surface area (Å²) in [5, 5.41) is 4.19. The third kappa shape index (κ3) is 2.95. The van der Waals surface area contributed by atoms with Crippen molar-refractivity contribution in [2.24, 2.45) is 7.05 Å². The van der Waals surface area contributed by atoms with Gasteiger partial charge in [-0.05, 0) is 34.5 Å². The van der Waals surface area contributed by atoms with Crippen LogP contribution in [0.2, 0.25) is 0 Å².